The summed E-state index contributed by atoms with van der Waals surface area (Å²) in [5, 5.41) is 2.25. The van der Waals surface area contributed by atoms with E-state index in [1.54, 1.807) is 0 Å². The van der Waals surface area contributed by atoms with Crippen molar-refractivity contribution in [3.63, 3.8) is 0 Å². The van der Waals surface area contributed by atoms with Crippen molar-refractivity contribution in [1.82, 2.24) is 9.62 Å². The number of alkyl halides is 3. The molecule has 1 amide bonds. The van der Waals surface area contributed by atoms with Gasteiger partial charge >= 0.3 is 6.18 Å². The molecule has 6 nitrogen and oxygen atoms in total. The van der Waals surface area contributed by atoms with E-state index in [2.05, 4.69) is 5.32 Å². The fraction of sp³-hybridized carbons (Fsp3) is 0.583. The largest absolute Gasteiger partial charge is 0.465 e. The molecule has 2 heterocycles. The number of aryl methyl sites for hydroxylation is 2. The average Bonchev–Trinajstić information content (AvgIpc) is 2.58. The van der Waals surface area contributed by atoms with Crippen molar-refractivity contribution in [3.05, 3.63) is 17.6 Å². The first kappa shape index (κ1) is 16.8. The molecule has 1 aliphatic rings. The van der Waals surface area contributed by atoms with E-state index in [1.165, 1.54) is 19.9 Å². The van der Waals surface area contributed by atoms with Crippen molar-refractivity contribution in [2.24, 2.45) is 0 Å². The summed E-state index contributed by atoms with van der Waals surface area (Å²) >= 11 is 0. The minimum atomic E-state index is -4.85. The van der Waals surface area contributed by atoms with E-state index in [9.17, 15) is 26.4 Å². The summed E-state index contributed by atoms with van der Waals surface area (Å²) < 4.78 is 70.1. The Bertz CT molecular complexity index is 681. The molecule has 1 atom stereocenters. The molecule has 22 heavy (non-hydrogen) atoms. The van der Waals surface area contributed by atoms with E-state index in [4.69, 9.17) is 4.42 Å². The van der Waals surface area contributed by atoms with Gasteiger partial charge in [-0.05, 0) is 19.9 Å². The second-order valence-electron chi connectivity index (χ2n) is 5.00. The van der Waals surface area contributed by atoms with Crippen molar-refractivity contribution >= 4 is 15.9 Å². The molecular weight excluding hydrogens is 325 g/mol. The van der Waals surface area contributed by atoms with Crippen molar-refractivity contribution < 1.29 is 30.8 Å². The SMILES string of the molecule is Cc1cc(S(=O)(=O)N2CCNC(=O)C[C@@H]2C(F)(F)F)c(C)o1. The molecule has 2 rings (SSSR count). The first-order chi connectivity index (χ1) is 10.0. The Morgan fingerprint density at radius 2 is 2.00 bits per heavy atom. The number of furan rings is 1. The van der Waals surface area contributed by atoms with Crippen LogP contribution in [-0.2, 0) is 14.8 Å². The Labute approximate surface area is 125 Å². The Morgan fingerprint density at radius 3 is 2.50 bits per heavy atom. The van der Waals surface area contributed by atoms with E-state index in [1.807, 2.05) is 0 Å². The Balaban J connectivity index is 2.50. The smallest absolute Gasteiger partial charge is 0.405 e. The van der Waals surface area contributed by atoms with Gasteiger partial charge in [0.2, 0.25) is 15.9 Å². The van der Waals surface area contributed by atoms with E-state index in [0.717, 1.165) is 0 Å². The highest BCUT2D eigenvalue weighted by Gasteiger charge is 2.50. The van der Waals surface area contributed by atoms with Crippen molar-refractivity contribution in [1.29, 1.82) is 0 Å². The summed E-state index contributed by atoms with van der Waals surface area (Å²) in [5.74, 6) is -0.536. The molecule has 1 fully saturated rings. The van der Waals surface area contributed by atoms with Crippen LogP contribution < -0.4 is 5.32 Å². The van der Waals surface area contributed by atoms with Crippen LogP contribution in [0.25, 0.3) is 0 Å². The molecule has 1 aliphatic heterocycles. The molecular formula is C12H15F3N2O4S. The maximum atomic E-state index is 13.2. The topological polar surface area (TPSA) is 79.6 Å². The van der Waals surface area contributed by atoms with Gasteiger partial charge in [-0.2, -0.15) is 17.5 Å². The molecule has 0 aromatic carbocycles. The highest BCUT2D eigenvalue weighted by atomic mass is 32.2. The number of amides is 1. The number of hydrogen-bond donors (Lipinski definition) is 1. The monoisotopic (exact) mass is 340 g/mol. The van der Waals surface area contributed by atoms with Crippen LogP contribution in [0, 0.1) is 13.8 Å². The summed E-state index contributed by atoms with van der Waals surface area (Å²) in [6.45, 7) is 2.23. The van der Waals surface area contributed by atoms with Crippen LogP contribution in [0.3, 0.4) is 0 Å². The van der Waals surface area contributed by atoms with Gasteiger partial charge in [0.25, 0.3) is 0 Å². The third-order valence-corrected chi connectivity index (χ3v) is 5.36. The van der Waals surface area contributed by atoms with Crippen molar-refractivity contribution in [3.8, 4) is 0 Å². The number of sulfonamides is 1. The molecule has 1 aromatic heterocycles. The predicted octanol–water partition coefficient (Wildman–Crippen LogP) is 1.34. The predicted molar refractivity (Wildman–Crippen MR) is 69.5 cm³/mol. The number of halogens is 3. The molecule has 124 valence electrons. The lowest BCUT2D eigenvalue weighted by molar-refractivity contribution is -0.173. The summed E-state index contributed by atoms with van der Waals surface area (Å²) in [6, 6.07) is -1.22. The van der Waals surface area contributed by atoms with Gasteiger partial charge in [0.1, 0.15) is 22.5 Å². The first-order valence-electron chi connectivity index (χ1n) is 6.46. The Kier molecular flexibility index (Phi) is 4.26. The molecule has 0 radical (unpaired) electrons. The molecule has 0 bridgehead atoms. The molecule has 0 saturated carbocycles. The maximum absolute atomic E-state index is 13.2. The van der Waals surface area contributed by atoms with Gasteiger partial charge in [0.05, 0.1) is 6.42 Å². The number of carbonyl (C=O) groups excluding carboxylic acids is 1. The second-order valence-corrected chi connectivity index (χ2v) is 6.86. The molecule has 1 N–H and O–H groups in total. The first-order valence-corrected chi connectivity index (χ1v) is 7.90. The van der Waals surface area contributed by atoms with Crippen LogP contribution in [0.2, 0.25) is 0 Å². The highest BCUT2D eigenvalue weighted by molar-refractivity contribution is 7.89. The molecule has 10 heteroatoms. The summed E-state index contributed by atoms with van der Waals surface area (Å²) in [4.78, 5) is 11.1. The van der Waals surface area contributed by atoms with Gasteiger partial charge in [-0.1, -0.05) is 0 Å². The fourth-order valence-corrected chi connectivity index (χ4v) is 4.20. The van der Waals surface area contributed by atoms with Gasteiger partial charge in [-0.25, -0.2) is 8.42 Å². The standard InChI is InChI=1S/C12H15F3N2O4S/c1-7-5-9(8(2)21-7)22(19,20)17-4-3-16-11(18)6-10(17)12(13,14)15/h5,10H,3-4,6H2,1-2H3,(H,16,18)/t10-/m1/s1. The van der Waals surface area contributed by atoms with Gasteiger partial charge < -0.3 is 9.73 Å². The third kappa shape index (κ3) is 3.12. The maximum Gasteiger partial charge on any atom is 0.405 e. The van der Waals surface area contributed by atoms with Crippen LogP contribution in [0.4, 0.5) is 13.2 Å². The molecule has 0 spiro atoms. The van der Waals surface area contributed by atoms with Crippen molar-refractivity contribution in [2.75, 3.05) is 13.1 Å². The molecule has 1 aromatic rings. The van der Waals surface area contributed by atoms with Crippen LogP contribution in [0.5, 0.6) is 0 Å². The molecule has 1 saturated heterocycles. The molecule has 0 aliphatic carbocycles. The van der Waals surface area contributed by atoms with Gasteiger partial charge in [-0.3, -0.25) is 4.79 Å². The number of nitrogens with one attached hydrogen (secondary N) is 1. The minimum Gasteiger partial charge on any atom is -0.465 e. The summed E-state index contributed by atoms with van der Waals surface area (Å²) in [6.07, 6.45) is -5.81. The van der Waals surface area contributed by atoms with E-state index >= 15 is 0 Å². The number of hydrogen-bond acceptors (Lipinski definition) is 4. The Hall–Kier alpha value is -1.55. The second kappa shape index (κ2) is 5.58. The van der Waals surface area contributed by atoms with Gasteiger partial charge in [-0.15, -0.1) is 0 Å². The zero-order valence-electron chi connectivity index (χ0n) is 11.9. The van der Waals surface area contributed by atoms with Crippen LogP contribution >= 0.6 is 0 Å². The average molecular weight is 340 g/mol. The van der Waals surface area contributed by atoms with Gasteiger partial charge in [0.15, 0.2) is 0 Å². The van der Waals surface area contributed by atoms with Crippen molar-refractivity contribution in [2.45, 2.75) is 37.4 Å². The Morgan fingerprint density at radius 1 is 1.36 bits per heavy atom. The summed E-state index contributed by atoms with van der Waals surface area (Å²) in [5.41, 5.74) is 0. The zero-order chi connectivity index (χ0) is 16.7. The lowest BCUT2D eigenvalue weighted by Crippen LogP contribution is -2.49. The quantitative estimate of drug-likeness (QED) is 0.881. The highest BCUT2D eigenvalue weighted by Crippen LogP contribution is 2.33. The number of nitrogens with zero attached hydrogens (tertiary/aromatic N) is 1. The number of rotatable bonds is 2. The minimum absolute atomic E-state index is 0.0157. The van der Waals surface area contributed by atoms with E-state index in [0.29, 0.717) is 4.31 Å². The molecule has 0 unspecified atom stereocenters. The van der Waals surface area contributed by atoms with Crippen LogP contribution in [-0.4, -0.2) is 43.9 Å². The lowest BCUT2D eigenvalue weighted by Gasteiger charge is -2.29. The lowest BCUT2D eigenvalue weighted by atomic mass is 10.2. The van der Waals surface area contributed by atoms with E-state index in [-0.39, 0.29) is 23.0 Å². The fourth-order valence-electron chi connectivity index (χ4n) is 2.37. The van der Waals surface area contributed by atoms with Crippen LogP contribution in [0.1, 0.15) is 17.9 Å². The summed E-state index contributed by atoms with van der Waals surface area (Å²) in [7, 11) is -4.42. The zero-order valence-corrected chi connectivity index (χ0v) is 12.7. The normalized spacial score (nSPS) is 21.5. The van der Waals surface area contributed by atoms with E-state index < -0.39 is 41.1 Å². The third-order valence-electron chi connectivity index (χ3n) is 3.34. The van der Waals surface area contributed by atoms with Gasteiger partial charge in [0, 0.05) is 13.1 Å². The number of carbonyl (C=O) groups is 1. The van der Waals surface area contributed by atoms with Crippen LogP contribution in [0.15, 0.2) is 15.4 Å².